The highest BCUT2D eigenvalue weighted by Gasteiger charge is 2.21. The zero-order chi connectivity index (χ0) is 22.2. The standard InChI is InChI=1S/C20H14ClFN6O2S/c1-12-17(9-14(21)10-25-12)31(29,30)27-19-18(22)13(6-7-24-19)4-5-15-11-26-20-16(23)3-2-8-28(15)20/h2-3,6-11H,23H2,1H3,(H,24,27). The predicted molar refractivity (Wildman–Crippen MR) is 115 cm³/mol. The molecule has 0 bridgehead atoms. The molecule has 0 aliphatic carbocycles. The molecule has 0 aliphatic rings. The number of pyridine rings is 3. The molecule has 4 aromatic rings. The number of nitrogens with two attached hydrogens (primary N) is 1. The van der Waals surface area contributed by atoms with Crippen molar-refractivity contribution in [1.82, 2.24) is 19.4 Å². The predicted octanol–water partition coefficient (Wildman–Crippen LogP) is 3.01. The average Bonchev–Trinajstić information content (AvgIpc) is 3.15. The number of nitrogens with zero attached hydrogens (tertiary/aromatic N) is 4. The fourth-order valence-electron chi connectivity index (χ4n) is 2.81. The van der Waals surface area contributed by atoms with Crippen molar-refractivity contribution in [3.05, 3.63) is 76.8 Å². The molecular formula is C20H14ClFN6O2S. The Morgan fingerprint density at radius 1 is 1.19 bits per heavy atom. The monoisotopic (exact) mass is 456 g/mol. The molecule has 0 atom stereocenters. The van der Waals surface area contributed by atoms with Crippen molar-refractivity contribution < 1.29 is 12.8 Å². The van der Waals surface area contributed by atoms with Crippen molar-refractivity contribution in [1.29, 1.82) is 0 Å². The van der Waals surface area contributed by atoms with E-state index < -0.39 is 21.7 Å². The number of nitrogens with one attached hydrogen (secondary N) is 1. The second-order valence-corrected chi connectivity index (χ2v) is 8.50. The summed E-state index contributed by atoms with van der Waals surface area (Å²) in [6.07, 6.45) is 5.81. The van der Waals surface area contributed by atoms with Gasteiger partial charge >= 0.3 is 0 Å². The molecule has 0 saturated carbocycles. The van der Waals surface area contributed by atoms with Crippen LogP contribution < -0.4 is 10.5 Å². The highest BCUT2D eigenvalue weighted by Crippen LogP contribution is 2.23. The summed E-state index contributed by atoms with van der Waals surface area (Å²) >= 11 is 5.85. The minimum Gasteiger partial charge on any atom is -0.396 e. The van der Waals surface area contributed by atoms with Crippen LogP contribution in [0.1, 0.15) is 17.0 Å². The van der Waals surface area contributed by atoms with Crippen LogP contribution in [0.5, 0.6) is 0 Å². The van der Waals surface area contributed by atoms with Crippen molar-refractivity contribution >= 4 is 38.8 Å². The van der Waals surface area contributed by atoms with Crippen LogP contribution >= 0.6 is 11.6 Å². The zero-order valence-electron chi connectivity index (χ0n) is 16.0. The van der Waals surface area contributed by atoms with Gasteiger partial charge in [-0.2, -0.15) is 0 Å². The summed E-state index contributed by atoms with van der Waals surface area (Å²) in [5.74, 6) is 4.08. The van der Waals surface area contributed by atoms with E-state index in [4.69, 9.17) is 17.3 Å². The van der Waals surface area contributed by atoms with Crippen molar-refractivity contribution in [3.8, 4) is 11.8 Å². The molecule has 31 heavy (non-hydrogen) atoms. The van der Waals surface area contributed by atoms with E-state index in [1.165, 1.54) is 37.6 Å². The largest absolute Gasteiger partial charge is 0.396 e. The maximum atomic E-state index is 14.9. The Morgan fingerprint density at radius 2 is 2.00 bits per heavy atom. The lowest BCUT2D eigenvalue weighted by atomic mass is 10.2. The highest BCUT2D eigenvalue weighted by atomic mass is 35.5. The van der Waals surface area contributed by atoms with Crippen LogP contribution in [-0.4, -0.2) is 27.8 Å². The van der Waals surface area contributed by atoms with E-state index in [2.05, 4.69) is 31.5 Å². The average molecular weight is 457 g/mol. The first-order chi connectivity index (χ1) is 14.8. The first kappa shape index (κ1) is 20.6. The molecule has 4 heterocycles. The molecule has 4 aromatic heterocycles. The highest BCUT2D eigenvalue weighted by molar-refractivity contribution is 7.92. The Morgan fingerprint density at radius 3 is 2.81 bits per heavy atom. The van der Waals surface area contributed by atoms with Gasteiger partial charge in [0.15, 0.2) is 17.3 Å². The Labute approximate surface area is 182 Å². The Bertz CT molecular complexity index is 1490. The smallest absolute Gasteiger partial charge is 0.264 e. The molecule has 8 nitrogen and oxygen atoms in total. The summed E-state index contributed by atoms with van der Waals surface area (Å²) in [5.41, 5.74) is 7.53. The molecule has 0 spiro atoms. The lowest BCUT2D eigenvalue weighted by Crippen LogP contribution is -2.17. The van der Waals surface area contributed by atoms with Gasteiger partial charge in [0, 0.05) is 18.6 Å². The van der Waals surface area contributed by atoms with Gasteiger partial charge in [0.25, 0.3) is 10.0 Å². The quantitative estimate of drug-likeness (QED) is 0.458. The van der Waals surface area contributed by atoms with Crippen molar-refractivity contribution in [3.63, 3.8) is 0 Å². The van der Waals surface area contributed by atoms with E-state index in [0.29, 0.717) is 17.0 Å². The van der Waals surface area contributed by atoms with Crippen LogP contribution in [-0.2, 0) is 10.0 Å². The van der Waals surface area contributed by atoms with E-state index in [-0.39, 0.29) is 21.2 Å². The van der Waals surface area contributed by atoms with Gasteiger partial charge < -0.3 is 5.73 Å². The van der Waals surface area contributed by atoms with Crippen LogP contribution in [0.2, 0.25) is 5.02 Å². The van der Waals surface area contributed by atoms with Crippen LogP contribution in [0.4, 0.5) is 15.9 Å². The number of aryl methyl sites for hydroxylation is 1. The molecule has 0 aliphatic heterocycles. The number of aromatic nitrogens is 4. The Kier molecular flexibility index (Phi) is 5.22. The molecule has 156 valence electrons. The van der Waals surface area contributed by atoms with Gasteiger partial charge in [0.2, 0.25) is 0 Å². The second kappa shape index (κ2) is 7.86. The topological polar surface area (TPSA) is 115 Å². The third-order valence-electron chi connectivity index (χ3n) is 4.31. The molecule has 0 fully saturated rings. The van der Waals surface area contributed by atoms with Crippen LogP contribution in [0.15, 0.2) is 53.9 Å². The minimum atomic E-state index is -4.17. The van der Waals surface area contributed by atoms with E-state index in [0.717, 1.165) is 0 Å². The minimum absolute atomic E-state index is 0.0486. The molecule has 0 saturated heterocycles. The van der Waals surface area contributed by atoms with Gasteiger partial charge in [-0.1, -0.05) is 17.5 Å². The summed E-state index contributed by atoms with van der Waals surface area (Å²) in [5, 5.41) is 0.132. The maximum Gasteiger partial charge on any atom is 0.264 e. The van der Waals surface area contributed by atoms with E-state index in [9.17, 15) is 12.8 Å². The van der Waals surface area contributed by atoms with Crippen molar-refractivity contribution in [2.45, 2.75) is 11.8 Å². The summed E-state index contributed by atoms with van der Waals surface area (Å²) in [6.45, 7) is 1.50. The lowest BCUT2D eigenvalue weighted by molar-refractivity contribution is 0.596. The number of halogens is 2. The van der Waals surface area contributed by atoms with E-state index in [1.807, 2.05) is 0 Å². The maximum absolute atomic E-state index is 14.9. The second-order valence-electron chi connectivity index (χ2n) is 6.41. The Balaban J connectivity index is 1.69. The number of nitrogen functional groups attached to an aromatic ring is 1. The van der Waals surface area contributed by atoms with Gasteiger partial charge in [0.1, 0.15) is 10.6 Å². The fourth-order valence-corrected chi connectivity index (χ4v) is 4.26. The number of hydrogen-bond donors (Lipinski definition) is 2. The number of hydrogen-bond acceptors (Lipinski definition) is 6. The molecular weight excluding hydrogens is 443 g/mol. The zero-order valence-corrected chi connectivity index (χ0v) is 17.5. The number of imidazole rings is 1. The van der Waals surface area contributed by atoms with Crippen LogP contribution in [0.3, 0.4) is 0 Å². The van der Waals surface area contributed by atoms with Gasteiger partial charge in [-0.25, -0.2) is 22.8 Å². The van der Waals surface area contributed by atoms with E-state index in [1.54, 1.807) is 22.7 Å². The molecule has 4 rings (SSSR count). The summed E-state index contributed by atoms with van der Waals surface area (Å²) < 4.78 is 44.1. The number of rotatable bonds is 3. The van der Waals surface area contributed by atoms with Crippen molar-refractivity contribution in [2.24, 2.45) is 0 Å². The molecule has 0 radical (unpaired) electrons. The summed E-state index contributed by atoms with van der Waals surface area (Å²) in [4.78, 5) is 11.7. The number of sulfonamides is 1. The normalized spacial score (nSPS) is 11.2. The molecule has 3 N–H and O–H groups in total. The lowest BCUT2D eigenvalue weighted by Gasteiger charge is -2.10. The van der Waals surface area contributed by atoms with Gasteiger partial charge in [-0.15, -0.1) is 0 Å². The van der Waals surface area contributed by atoms with Gasteiger partial charge in [-0.05, 0) is 37.1 Å². The first-order valence-corrected chi connectivity index (χ1v) is 10.7. The van der Waals surface area contributed by atoms with Gasteiger partial charge in [-0.3, -0.25) is 14.1 Å². The Hall–Kier alpha value is -3.68. The first-order valence-electron chi connectivity index (χ1n) is 8.79. The van der Waals surface area contributed by atoms with Crippen LogP contribution in [0, 0.1) is 24.6 Å². The molecule has 0 aromatic carbocycles. The summed E-state index contributed by atoms with van der Waals surface area (Å²) in [6, 6.07) is 6.01. The number of anilines is 2. The summed E-state index contributed by atoms with van der Waals surface area (Å²) in [7, 11) is -4.17. The molecule has 11 heteroatoms. The fraction of sp³-hybridized carbons (Fsp3) is 0.0500. The molecule has 0 amide bonds. The SMILES string of the molecule is Cc1ncc(Cl)cc1S(=O)(=O)Nc1nccc(C#Cc2cnc3c(N)cccn23)c1F. The number of fused-ring (bicyclic) bond motifs is 1. The molecule has 0 unspecified atom stereocenters. The van der Waals surface area contributed by atoms with Crippen molar-refractivity contribution in [2.75, 3.05) is 10.5 Å². The third kappa shape index (κ3) is 4.01. The van der Waals surface area contributed by atoms with Gasteiger partial charge in [0.05, 0.1) is 28.2 Å². The van der Waals surface area contributed by atoms with Crippen LogP contribution in [0.25, 0.3) is 5.65 Å². The van der Waals surface area contributed by atoms with E-state index >= 15 is 0 Å². The third-order valence-corrected chi connectivity index (χ3v) is 5.97.